The molecule has 0 aliphatic heterocycles. The van der Waals surface area contributed by atoms with E-state index in [1.165, 1.54) is 0 Å². The molecule has 102 valence electrons. The van der Waals surface area contributed by atoms with Crippen LogP contribution in [0.2, 0.25) is 0 Å². The van der Waals surface area contributed by atoms with Crippen LogP contribution in [0.3, 0.4) is 0 Å². The first kappa shape index (κ1) is 14.0. The van der Waals surface area contributed by atoms with Crippen LogP contribution in [0.5, 0.6) is 0 Å². The van der Waals surface area contributed by atoms with Crippen LogP contribution in [0.25, 0.3) is 0 Å². The van der Waals surface area contributed by atoms with Gasteiger partial charge in [-0.25, -0.2) is 0 Å². The van der Waals surface area contributed by atoms with E-state index in [0.717, 1.165) is 41.5 Å². The summed E-state index contributed by atoms with van der Waals surface area (Å²) in [5.41, 5.74) is 1.44. The standard InChI is InChI=1S/C13H21BrN2O2/c1-9-12(14)11(16(2)15-9)8-13(17)6-4-10(18-3)5-7-13/h10,17H,4-8H2,1-3H3. The van der Waals surface area contributed by atoms with Gasteiger partial charge in [-0.3, -0.25) is 4.68 Å². The topological polar surface area (TPSA) is 47.3 Å². The van der Waals surface area contributed by atoms with Crippen LogP contribution >= 0.6 is 15.9 Å². The van der Waals surface area contributed by atoms with Gasteiger partial charge in [-0.2, -0.15) is 5.10 Å². The number of nitrogens with zero attached hydrogens (tertiary/aromatic N) is 2. The first-order valence-electron chi connectivity index (χ1n) is 6.38. The maximum atomic E-state index is 10.7. The zero-order valence-corrected chi connectivity index (χ0v) is 12.8. The Morgan fingerprint density at radius 2 is 2.11 bits per heavy atom. The fraction of sp³-hybridized carbons (Fsp3) is 0.769. The normalized spacial score (nSPS) is 28.6. The number of ether oxygens (including phenoxy) is 1. The number of hydrogen-bond donors (Lipinski definition) is 1. The average Bonchev–Trinajstić information content (AvgIpc) is 2.57. The Balaban J connectivity index is 2.09. The molecule has 0 spiro atoms. The molecule has 0 aromatic carbocycles. The lowest BCUT2D eigenvalue weighted by Gasteiger charge is -2.35. The second-order valence-electron chi connectivity index (χ2n) is 5.31. The molecule has 0 unspecified atom stereocenters. The molecule has 5 heteroatoms. The van der Waals surface area contributed by atoms with E-state index in [4.69, 9.17) is 4.74 Å². The lowest BCUT2D eigenvalue weighted by Crippen LogP contribution is -2.38. The summed E-state index contributed by atoms with van der Waals surface area (Å²) in [6.07, 6.45) is 4.41. The number of aryl methyl sites for hydroxylation is 2. The van der Waals surface area contributed by atoms with E-state index in [2.05, 4.69) is 21.0 Å². The van der Waals surface area contributed by atoms with Gasteiger partial charge < -0.3 is 9.84 Å². The van der Waals surface area contributed by atoms with Gasteiger partial charge in [0.05, 0.1) is 27.6 Å². The minimum absolute atomic E-state index is 0.307. The molecular weight excluding hydrogens is 296 g/mol. The summed E-state index contributed by atoms with van der Waals surface area (Å²) >= 11 is 3.56. The molecule has 4 nitrogen and oxygen atoms in total. The van der Waals surface area contributed by atoms with Crippen molar-refractivity contribution >= 4 is 15.9 Å². The Morgan fingerprint density at radius 1 is 1.50 bits per heavy atom. The van der Waals surface area contributed by atoms with E-state index in [-0.39, 0.29) is 0 Å². The minimum atomic E-state index is -0.613. The van der Waals surface area contributed by atoms with Crippen molar-refractivity contribution in [3.8, 4) is 0 Å². The Bertz CT molecular complexity index is 423. The summed E-state index contributed by atoms with van der Waals surface area (Å²) < 4.78 is 8.23. The summed E-state index contributed by atoms with van der Waals surface area (Å²) in [4.78, 5) is 0. The molecule has 2 rings (SSSR count). The van der Waals surface area contributed by atoms with Crippen LogP contribution in [0.4, 0.5) is 0 Å². The fourth-order valence-corrected chi connectivity index (χ4v) is 3.20. The van der Waals surface area contributed by atoms with Crippen molar-refractivity contribution in [1.82, 2.24) is 9.78 Å². The average molecular weight is 317 g/mol. The van der Waals surface area contributed by atoms with Crippen molar-refractivity contribution in [1.29, 1.82) is 0 Å². The van der Waals surface area contributed by atoms with E-state index in [0.29, 0.717) is 12.5 Å². The van der Waals surface area contributed by atoms with E-state index in [1.807, 2.05) is 18.7 Å². The number of aliphatic hydroxyl groups is 1. The van der Waals surface area contributed by atoms with Gasteiger partial charge in [0.25, 0.3) is 0 Å². The van der Waals surface area contributed by atoms with Gasteiger partial charge in [0.15, 0.2) is 0 Å². The molecule has 0 radical (unpaired) electrons. The summed E-state index contributed by atoms with van der Waals surface area (Å²) in [5.74, 6) is 0. The Labute approximate surface area is 116 Å². The molecule has 1 heterocycles. The fourth-order valence-electron chi connectivity index (χ4n) is 2.72. The third kappa shape index (κ3) is 2.78. The zero-order chi connectivity index (χ0) is 13.3. The Morgan fingerprint density at radius 3 is 2.56 bits per heavy atom. The number of rotatable bonds is 3. The highest BCUT2D eigenvalue weighted by molar-refractivity contribution is 9.10. The second-order valence-corrected chi connectivity index (χ2v) is 6.10. The number of halogens is 1. The predicted molar refractivity (Wildman–Crippen MR) is 73.6 cm³/mol. The molecule has 1 aliphatic rings. The first-order valence-corrected chi connectivity index (χ1v) is 7.17. The molecule has 0 saturated heterocycles. The molecule has 0 atom stereocenters. The largest absolute Gasteiger partial charge is 0.389 e. The van der Waals surface area contributed by atoms with Gasteiger partial charge in [-0.15, -0.1) is 0 Å². The number of methoxy groups -OCH3 is 1. The van der Waals surface area contributed by atoms with Crippen molar-refractivity contribution in [3.63, 3.8) is 0 Å². The van der Waals surface area contributed by atoms with Crippen LogP contribution in [-0.2, 0) is 18.2 Å². The van der Waals surface area contributed by atoms with Crippen LogP contribution in [-0.4, -0.2) is 33.7 Å². The molecule has 0 amide bonds. The van der Waals surface area contributed by atoms with Crippen molar-refractivity contribution < 1.29 is 9.84 Å². The van der Waals surface area contributed by atoms with E-state index < -0.39 is 5.60 Å². The third-order valence-corrected chi connectivity index (χ3v) is 4.99. The molecule has 1 aromatic heterocycles. The number of aromatic nitrogens is 2. The molecule has 1 saturated carbocycles. The Hall–Kier alpha value is -0.390. The van der Waals surface area contributed by atoms with Crippen molar-refractivity contribution in [2.75, 3.05) is 7.11 Å². The quantitative estimate of drug-likeness (QED) is 0.931. The smallest absolute Gasteiger partial charge is 0.0738 e. The molecule has 0 bridgehead atoms. The molecule has 18 heavy (non-hydrogen) atoms. The van der Waals surface area contributed by atoms with E-state index in [1.54, 1.807) is 7.11 Å². The summed E-state index contributed by atoms with van der Waals surface area (Å²) in [6.45, 7) is 1.97. The van der Waals surface area contributed by atoms with Gasteiger partial charge in [-0.1, -0.05) is 0 Å². The lowest BCUT2D eigenvalue weighted by molar-refractivity contribution is -0.0437. The van der Waals surface area contributed by atoms with Crippen LogP contribution in [0.15, 0.2) is 4.47 Å². The maximum Gasteiger partial charge on any atom is 0.0738 e. The van der Waals surface area contributed by atoms with Crippen molar-refractivity contribution in [2.24, 2.45) is 7.05 Å². The van der Waals surface area contributed by atoms with Gasteiger partial charge in [0.1, 0.15) is 0 Å². The van der Waals surface area contributed by atoms with Gasteiger partial charge in [0.2, 0.25) is 0 Å². The SMILES string of the molecule is COC1CCC(O)(Cc2c(Br)c(C)nn2C)CC1. The van der Waals surface area contributed by atoms with Gasteiger partial charge in [0, 0.05) is 20.6 Å². The Kier molecular flexibility index (Phi) is 4.14. The maximum absolute atomic E-state index is 10.7. The monoisotopic (exact) mass is 316 g/mol. The molecular formula is C13H21BrN2O2. The highest BCUT2D eigenvalue weighted by atomic mass is 79.9. The first-order chi connectivity index (χ1) is 8.45. The van der Waals surface area contributed by atoms with Crippen molar-refractivity contribution in [3.05, 3.63) is 15.9 Å². The molecule has 1 fully saturated rings. The number of hydrogen-bond acceptors (Lipinski definition) is 3. The molecule has 1 aromatic rings. The highest BCUT2D eigenvalue weighted by Crippen LogP contribution is 2.34. The summed E-state index contributed by atoms with van der Waals surface area (Å²) in [7, 11) is 3.67. The molecule has 1 aliphatic carbocycles. The van der Waals surface area contributed by atoms with Crippen LogP contribution in [0, 0.1) is 6.92 Å². The minimum Gasteiger partial charge on any atom is -0.389 e. The van der Waals surface area contributed by atoms with Gasteiger partial charge in [-0.05, 0) is 48.5 Å². The van der Waals surface area contributed by atoms with Gasteiger partial charge >= 0.3 is 0 Å². The summed E-state index contributed by atoms with van der Waals surface area (Å²) in [5, 5.41) is 15.1. The summed E-state index contributed by atoms with van der Waals surface area (Å²) in [6, 6.07) is 0. The zero-order valence-electron chi connectivity index (χ0n) is 11.2. The van der Waals surface area contributed by atoms with Crippen molar-refractivity contribution in [2.45, 2.75) is 50.7 Å². The molecule has 1 N–H and O–H groups in total. The van der Waals surface area contributed by atoms with E-state index >= 15 is 0 Å². The highest BCUT2D eigenvalue weighted by Gasteiger charge is 2.35. The third-order valence-electron chi connectivity index (χ3n) is 3.95. The van der Waals surface area contributed by atoms with E-state index in [9.17, 15) is 5.11 Å². The van der Waals surface area contributed by atoms with Crippen LogP contribution in [0.1, 0.15) is 37.1 Å². The van der Waals surface area contributed by atoms with Crippen LogP contribution < -0.4 is 0 Å². The lowest BCUT2D eigenvalue weighted by atomic mass is 9.80. The second kappa shape index (κ2) is 5.31. The predicted octanol–water partition coefficient (Wildman–Crippen LogP) is 2.35.